The summed E-state index contributed by atoms with van der Waals surface area (Å²) >= 11 is 0. The predicted octanol–water partition coefficient (Wildman–Crippen LogP) is 7.02. The molecule has 0 aromatic carbocycles. The first-order valence-corrected chi connectivity index (χ1v) is 18.7. The third kappa shape index (κ3) is 22.7. The first-order valence-electron chi connectivity index (χ1n) is 18.7. The van der Waals surface area contributed by atoms with Crippen LogP contribution >= 0.6 is 0 Å². The van der Waals surface area contributed by atoms with Crippen LogP contribution in [0, 0.1) is 0 Å². The Balaban J connectivity index is 2.37. The Morgan fingerprint density at radius 3 is 1.94 bits per heavy atom. The number of hydrogen-bond acceptors (Lipinski definition) is 9. The maximum atomic E-state index is 12.7. The maximum absolute atomic E-state index is 12.7. The minimum absolute atomic E-state index is 0.124. The molecular weight excluding hydrogens is 612 g/mol. The van der Waals surface area contributed by atoms with Gasteiger partial charge >= 0.3 is 5.97 Å². The number of aliphatic hydroxyl groups excluding tert-OH is 4. The zero-order valence-electron chi connectivity index (χ0n) is 30.0. The van der Waals surface area contributed by atoms with Crippen LogP contribution in [-0.2, 0) is 23.7 Å². The van der Waals surface area contributed by atoms with Gasteiger partial charge in [0.2, 0.25) is 0 Å². The van der Waals surface area contributed by atoms with Gasteiger partial charge in [-0.15, -0.1) is 0 Å². The lowest BCUT2D eigenvalue weighted by Gasteiger charge is -2.39. The summed E-state index contributed by atoms with van der Waals surface area (Å²) in [7, 11) is 0. The number of aliphatic hydroxyl groups is 4. The fourth-order valence-electron chi connectivity index (χ4n) is 5.25. The first kappa shape index (κ1) is 44.2. The van der Waals surface area contributed by atoms with Crippen molar-refractivity contribution >= 4 is 5.97 Å². The van der Waals surface area contributed by atoms with Gasteiger partial charge in [-0.05, 0) is 64.2 Å². The highest BCUT2D eigenvalue weighted by Gasteiger charge is 2.44. The van der Waals surface area contributed by atoms with Gasteiger partial charge in [0.05, 0.1) is 19.8 Å². The van der Waals surface area contributed by atoms with Crippen molar-refractivity contribution in [1.82, 2.24) is 0 Å². The monoisotopic (exact) mass is 680 g/mol. The highest BCUT2D eigenvalue weighted by molar-refractivity contribution is 5.69. The molecule has 1 fully saturated rings. The Bertz CT molecular complexity index is 870. The molecule has 9 nitrogen and oxygen atoms in total. The summed E-state index contributed by atoms with van der Waals surface area (Å²) in [4.78, 5) is 12.7. The van der Waals surface area contributed by atoms with Crippen molar-refractivity contribution < 1.29 is 44.2 Å². The van der Waals surface area contributed by atoms with E-state index in [9.17, 15) is 25.2 Å². The van der Waals surface area contributed by atoms with E-state index in [2.05, 4.69) is 62.5 Å². The second-order valence-corrected chi connectivity index (χ2v) is 12.6. The van der Waals surface area contributed by atoms with E-state index in [1.807, 2.05) is 0 Å². The molecule has 1 aliphatic rings. The van der Waals surface area contributed by atoms with E-state index in [0.717, 1.165) is 96.3 Å². The topological polar surface area (TPSA) is 135 Å². The average molecular weight is 681 g/mol. The lowest BCUT2D eigenvalue weighted by molar-refractivity contribution is -0.305. The van der Waals surface area contributed by atoms with Crippen LogP contribution in [0.2, 0.25) is 0 Å². The number of carbonyl (C=O) groups excluding carboxylic acids is 1. The lowest BCUT2D eigenvalue weighted by Crippen LogP contribution is -2.59. The van der Waals surface area contributed by atoms with Gasteiger partial charge in [-0.25, -0.2) is 0 Å². The fraction of sp³-hybridized carbons (Fsp3) is 0.769. The number of allylic oxidation sites excluding steroid dienone is 8. The molecule has 48 heavy (non-hydrogen) atoms. The van der Waals surface area contributed by atoms with Crippen LogP contribution in [0.25, 0.3) is 0 Å². The maximum Gasteiger partial charge on any atom is 0.306 e. The summed E-state index contributed by atoms with van der Waals surface area (Å²) in [6.07, 6.45) is 28.5. The standard InChI is InChI=1S/C39H68O9/c1-3-5-7-9-11-13-15-16-17-19-21-23-25-27-29-45-31-33(32-46-39-38(44)37(43)36(42)34(30-40)48-39)47-35(41)28-26-24-22-20-18-14-12-10-8-6-4-2/h5,7,10-13,16-17,33-34,36-40,42-44H,3-4,6,8-9,14-15,18-32H2,1-2H3/b7-5-,12-10-,13-11-,17-16-. The number of rotatable bonds is 30. The Labute approximate surface area is 291 Å². The Hall–Kier alpha value is -1.85. The molecule has 0 aromatic heterocycles. The van der Waals surface area contributed by atoms with E-state index in [4.69, 9.17) is 18.9 Å². The van der Waals surface area contributed by atoms with E-state index in [0.29, 0.717) is 13.0 Å². The molecule has 9 heteroatoms. The summed E-state index contributed by atoms with van der Waals surface area (Å²) in [6.45, 7) is 4.31. The molecule has 0 bridgehead atoms. The van der Waals surface area contributed by atoms with Crippen molar-refractivity contribution in [2.75, 3.05) is 26.4 Å². The van der Waals surface area contributed by atoms with Gasteiger partial charge in [0.25, 0.3) is 0 Å². The molecule has 0 aromatic rings. The van der Waals surface area contributed by atoms with Gasteiger partial charge in [-0.2, -0.15) is 0 Å². The fourth-order valence-corrected chi connectivity index (χ4v) is 5.25. The van der Waals surface area contributed by atoms with Crippen LogP contribution in [0.3, 0.4) is 0 Å². The van der Waals surface area contributed by atoms with Crippen molar-refractivity contribution in [1.29, 1.82) is 0 Å². The second kappa shape index (κ2) is 31.2. The lowest BCUT2D eigenvalue weighted by atomic mass is 9.99. The molecular formula is C39H68O9. The van der Waals surface area contributed by atoms with Crippen LogP contribution in [0.4, 0.5) is 0 Å². The highest BCUT2D eigenvalue weighted by Crippen LogP contribution is 2.22. The zero-order valence-corrected chi connectivity index (χ0v) is 30.0. The van der Waals surface area contributed by atoms with Crippen molar-refractivity contribution in [3.05, 3.63) is 48.6 Å². The molecule has 1 rings (SSSR count). The van der Waals surface area contributed by atoms with E-state index in [1.54, 1.807) is 0 Å². The summed E-state index contributed by atoms with van der Waals surface area (Å²) in [5, 5.41) is 39.9. The first-order chi connectivity index (χ1) is 23.4. The number of unbranched alkanes of at least 4 members (excludes halogenated alkanes) is 11. The van der Waals surface area contributed by atoms with Gasteiger partial charge in [0, 0.05) is 13.0 Å². The molecule has 0 spiro atoms. The van der Waals surface area contributed by atoms with Crippen molar-refractivity contribution in [2.24, 2.45) is 0 Å². The number of carbonyl (C=O) groups is 1. The number of ether oxygens (including phenoxy) is 4. The van der Waals surface area contributed by atoms with Crippen LogP contribution in [-0.4, -0.2) is 89.6 Å². The van der Waals surface area contributed by atoms with E-state index >= 15 is 0 Å². The molecule has 0 amide bonds. The summed E-state index contributed by atoms with van der Waals surface area (Å²) in [6, 6.07) is 0. The van der Waals surface area contributed by atoms with E-state index in [1.165, 1.54) is 12.8 Å². The van der Waals surface area contributed by atoms with Crippen LogP contribution in [0.5, 0.6) is 0 Å². The molecule has 6 atom stereocenters. The van der Waals surface area contributed by atoms with Gasteiger partial charge in [-0.1, -0.05) is 107 Å². The van der Waals surface area contributed by atoms with Gasteiger partial charge in [-0.3, -0.25) is 4.79 Å². The summed E-state index contributed by atoms with van der Waals surface area (Å²) in [5.74, 6) is -0.336. The van der Waals surface area contributed by atoms with Crippen molar-refractivity contribution in [3.63, 3.8) is 0 Å². The zero-order chi connectivity index (χ0) is 35.1. The number of esters is 1. The Kier molecular flexibility index (Phi) is 28.7. The van der Waals surface area contributed by atoms with Crippen LogP contribution < -0.4 is 0 Å². The quantitative estimate of drug-likeness (QED) is 0.0359. The molecule has 0 aliphatic carbocycles. The van der Waals surface area contributed by atoms with Crippen LogP contribution in [0.1, 0.15) is 129 Å². The molecule has 0 radical (unpaired) electrons. The summed E-state index contributed by atoms with van der Waals surface area (Å²) in [5.41, 5.74) is 0. The van der Waals surface area contributed by atoms with Crippen molar-refractivity contribution in [3.8, 4) is 0 Å². The SMILES string of the molecule is CC/C=C\C/C=C\C/C=C\CCCCCCOCC(COC1OC(CO)C(O)C(O)C1O)OC(=O)CCCCCCC/C=C\CCCC. The third-order valence-corrected chi connectivity index (χ3v) is 8.23. The Morgan fingerprint density at radius 1 is 0.688 bits per heavy atom. The molecule has 1 saturated heterocycles. The van der Waals surface area contributed by atoms with Crippen LogP contribution in [0.15, 0.2) is 48.6 Å². The molecule has 278 valence electrons. The molecule has 6 unspecified atom stereocenters. The minimum atomic E-state index is -1.54. The molecule has 0 saturated carbocycles. The van der Waals surface area contributed by atoms with E-state index < -0.39 is 43.4 Å². The van der Waals surface area contributed by atoms with Crippen molar-refractivity contribution in [2.45, 2.75) is 166 Å². The highest BCUT2D eigenvalue weighted by atomic mass is 16.7. The normalized spacial score (nSPS) is 22.5. The second-order valence-electron chi connectivity index (χ2n) is 12.6. The average Bonchev–Trinajstić information content (AvgIpc) is 3.08. The smallest absolute Gasteiger partial charge is 0.306 e. The third-order valence-electron chi connectivity index (χ3n) is 8.23. The number of hydrogen-bond donors (Lipinski definition) is 4. The van der Waals surface area contributed by atoms with Gasteiger partial charge in [0.1, 0.15) is 30.5 Å². The Morgan fingerprint density at radius 2 is 1.27 bits per heavy atom. The van der Waals surface area contributed by atoms with Gasteiger partial charge < -0.3 is 39.4 Å². The minimum Gasteiger partial charge on any atom is -0.457 e. The summed E-state index contributed by atoms with van der Waals surface area (Å²) < 4.78 is 22.6. The molecule has 1 heterocycles. The van der Waals surface area contributed by atoms with E-state index in [-0.39, 0.29) is 19.2 Å². The predicted molar refractivity (Wildman–Crippen MR) is 191 cm³/mol. The largest absolute Gasteiger partial charge is 0.457 e. The molecule has 1 aliphatic heterocycles. The molecule has 4 N–H and O–H groups in total. The van der Waals surface area contributed by atoms with Gasteiger partial charge in [0.15, 0.2) is 6.29 Å².